The summed E-state index contributed by atoms with van der Waals surface area (Å²) < 4.78 is 5.58. The normalized spacial score (nSPS) is 9.75. The van der Waals surface area contributed by atoms with Crippen LogP contribution < -0.4 is 4.74 Å². The molecular formula is C14H19NO. The number of nitriles is 1. The third-order valence-electron chi connectivity index (χ3n) is 2.48. The first kappa shape index (κ1) is 12.6. The summed E-state index contributed by atoms with van der Waals surface area (Å²) in [7, 11) is 0. The molecule has 0 aromatic heterocycles. The number of nitrogens with zero attached hydrogens (tertiary/aromatic N) is 1. The van der Waals surface area contributed by atoms with Crippen molar-refractivity contribution in [1.29, 1.82) is 5.26 Å². The quantitative estimate of drug-likeness (QED) is 0.649. The Kier molecular flexibility index (Phi) is 6.10. The van der Waals surface area contributed by atoms with Crippen LogP contribution in [0.25, 0.3) is 0 Å². The summed E-state index contributed by atoms with van der Waals surface area (Å²) in [5, 5.41) is 8.73. The summed E-state index contributed by atoms with van der Waals surface area (Å²) in [5.74, 6) is 0.801. The summed E-state index contributed by atoms with van der Waals surface area (Å²) >= 11 is 0. The maximum absolute atomic E-state index is 8.73. The van der Waals surface area contributed by atoms with E-state index in [1.54, 1.807) is 12.1 Å². The van der Waals surface area contributed by atoms with Crippen LogP contribution in [0.5, 0.6) is 5.75 Å². The molecule has 0 radical (unpaired) electrons. The molecule has 0 heterocycles. The van der Waals surface area contributed by atoms with Crippen LogP contribution in [-0.2, 0) is 0 Å². The fourth-order valence-corrected chi connectivity index (χ4v) is 1.55. The van der Waals surface area contributed by atoms with E-state index in [0.717, 1.165) is 18.8 Å². The Morgan fingerprint density at radius 3 is 2.75 bits per heavy atom. The van der Waals surface area contributed by atoms with Gasteiger partial charge in [-0.25, -0.2) is 0 Å². The molecule has 1 aromatic carbocycles. The summed E-state index contributed by atoms with van der Waals surface area (Å²) in [5.41, 5.74) is 0.656. The van der Waals surface area contributed by atoms with Crippen LogP contribution >= 0.6 is 0 Å². The number of unbranched alkanes of at least 4 members (excludes halogenated alkanes) is 4. The highest BCUT2D eigenvalue weighted by Gasteiger charge is 1.95. The number of hydrogen-bond donors (Lipinski definition) is 0. The maximum atomic E-state index is 8.73. The van der Waals surface area contributed by atoms with Crippen molar-refractivity contribution in [2.75, 3.05) is 6.61 Å². The molecule has 1 rings (SSSR count). The molecule has 86 valence electrons. The van der Waals surface area contributed by atoms with E-state index in [-0.39, 0.29) is 0 Å². The molecule has 2 nitrogen and oxygen atoms in total. The second kappa shape index (κ2) is 7.76. The molecule has 0 saturated heterocycles. The molecule has 0 amide bonds. The van der Waals surface area contributed by atoms with Crippen molar-refractivity contribution in [2.45, 2.75) is 39.0 Å². The molecule has 0 fully saturated rings. The van der Waals surface area contributed by atoms with Crippen LogP contribution in [0, 0.1) is 11.3 Å². The van der Waals surface area contributed by atoms with E-state index in [4.69, 9.17) is 10.00 Å². The lowest BCUT2D eigenvalue weighted by atomic mass is 10.2. The average Bonchev–Trinajstić information content (AvgIpc) is 2.34. The first-order chi connectivity index (χ1) is 7.86. The predicted molar refractivity (Wildman–Crippen MR) is 65.4 cm³/mol. The Morgan fingerprint density at radius 2 is 2.00 bits per heavy atom. The largest absolute Gasteiger partial charge is 0.494 e. The Balaban J connectivity index is 2.19. The summed E-state index contributed by atoms with van der Waals surface area (Å²) in [6.45, 7) is 2.96. The first-order valence-corrected chi connectivity index (χ1v) is 5.99. The van der Waals surface area contributed by atoms with Gasteiger partial charge in [-0.15, -0.1) is 0 Å². The van der Waals surface area contributed by atoms with Gasteiger partial charge >= 0.3 is 0 Å². The predicted octanol–water partition coefficient (Wildman–Crippen LogP) is 3.91. The zero-order valence-electron chi connectivity index (χ0n) is 9.91. The highest BCUT2D eigenvalue weighted by atomic mass is 16.5. The van der Waals surface area contributed by atoms with Crippen LogP contribution in [-0.4, -0.2) is 6.61 Å². The van der Waals surface area contributed by atoms with Gasteiger partial charge in [-0.1, -0.05) is 38.7 Å². The lowest BCUT2D eigenvalue weighted by Crippen LogP contribution is -1.97. The Hall–Kier alpha value is -1.49. The fourth-order valence-electron chi connectivity index (χ4n) is 1.55. The highest BCUT2D eigenvalue weighted by molar-refractivity contribution is 5.36. The van der Waals surface area contributed by atoms with Gasteiger partial charge in [0.15, 0.2) is 0 Å². The van der Waals surface area contributed by atoms with Crippen LogP contribution in [0.2, 0.25) is 0 Å². The molecule has 0 atom stereocenters. The van der Waals surface area contributed by atoms with Gasteiger partial charge in [0.2, 0.25) is 0 Å². The van der Waals surface area contributed by atoms with Crippen molar-refractivity contribution in [3.63, 3.8) is 0 Å². The Labute approximate surface area is 97.9 Å². The van der Waals surface area contributed by atoms with Crippen LogP contribution in [0.15, 0.2) is 24.3 Å². The van der Waals surface area contributed by atoms with Crippen molar-refractivity contribution in [3.05, 3.63) is 29.8 Å². The number of rotatable bonds is 7. The molecule has 0 bridgehead atoms. The molecular weight excluding hydrogens is 198 g/mol. The molecule has 0 saturated carbocycles. The lowest BCUT2D eigenvalue weighted by Gasteiger charge is -2.05. The summed E-state index contributed by atoms with van der Waals surface area (Å²) in [4.78, 5) is 0. The topological polar surface area (TPSA) is 33.0 Å². The number of hydrogen-bond acceptors (Lipinski definition) is 2. The van der Waals surface area contributed by atoms with E-state index in [9.17, 15) is 0 Å². The zero-order chi connectivity index (χ0) is 11.6. The van der Waals surface area contributed by atoms with E-state index in [0.29, 0.717) is 5.56 Å². The molecule has 0 aliphatic heterocycles. The zero-order valence-corrected chi connectivity index (χ0v) is 9.91. The second-order valence-corrected chi connectivity index (χ2v) is 3.90. The van der Waals surface area contributed by atoms with Gasteiger partial charge in [-0.3, -0.25) is 0 Å². The van der Waals surface area contributed by atoms with Crippen molar-refractivity contribution in [3.8, 4) is 11.8 Å². The SMILES string of the molecule is CCCCCCCOc1cccc(C#N)c1. The Bertz CT molecular complexity index is 341. The first-order valence-electron chi connectivity index (χ1n) is 5.99. The van der Waals surface area contributed by atoms with Gasteiger partial charge in [0.25, 0.3) is 0 Å². The molecule has 1 aromatic rings. The van der Waals surface area contributed by atoms with Crippen LogP contribution in [0.3, 0.4) is 0 Å². The lowest BCUT2D eigenvalue weighted by molar-refractivity contribution is 0.304. The maximum Gasteiger partial charge on any atom is 0.120 e. The molecule has 0 unspecified atom stereocenters. The van der Waals surface area contributed by atoms with Crippen molar-refractivity contribution < 1.29 is 4.74 Å². The molecule has 16 heavy (non-hydrogen) atoms. The molecule has 0 aliphatic rings. The third-order valence-corrected chi connectivity index (χ3v) is 2.48. The standard InChI is InChI=1S/C14H19NO/c1-2-3-4-5-6-10-16-14-9-7-8-13(11-14)12-15/h7-9,11H,2-6,10H2,1H3. The second-order valence-electron chi connectivity index (χ2n) is 3.90. The average molecular weight is 217 g/mol. The summed E-state index contributed by atoms with van der Waals surface area (Å²) in [6.07, 6.45) is 6.19. The van der Waals surface area contributed by atoms with E-state index >= 15 is 0 Å². The van der Waals surface area contributed by atoms with Crippen LogP contribution in [0.4, 0.5) is 0 Å². The smallest absolute Gasteiger partial charge is 0.120 e. The van der Waals surface area contributed by atoms with Gasteiger partial charge in [0, 0.05) is 0 Å². The third kappa shape index (κ3) is 4.84. The van der Waals surface area contributed by atoms with Gasteiger partial charge < -0.3 is 4.74 Å². The van der Waals surface area contributed by atoms with Gasteiger partial charge in [-0.2, -0.15) is 5.26 Å². The van der Waals surface area contributed by atoms with E-state index < -0.39 is 0 Å². The monoisotopic (exact) mass is 217 g/mol. The fraction of sp³-hybridized carbons (Fsp3) is 0.500. The van der Waals surface area contributed by atoms with Gasteiger partial charge in [0.1, 0.15) is 5.75 Å². The van der Waals surface area contributed by atoms with E-state index in [1.165, 1.54) is 25.7 Å². The number of benzene rings is 1. The van der Waals surface area contributed by atoms with E-state index in [1.807, 2.05) is 12.1 Å². The molecule has 0 spiro atoms. The highest BCUT2D eigenvalue weighted by Crippen LogP contribution is 2.13. The Morgan fingerprint density at radius 1 is 1.19 bits per heavy atom. The molecule has 2 heteroatoms. The van der Waals surface area contributed by atoms with Crippen LogP contribution in [0.1, 0.15) is 44.6 Å². The summed E-state index contributed by atoms with van der Waals surface area (Å²) in [6, 6.07) is 9.42. The number of ether oxygens (including phenoxy) is 1. The minimum absolute atomic E-state index is 0.656. The minimum atomic E-state index is 0.656. The minimum Gasteiger partial charge on any atom is -0.494 e. The van der Waals surface area contributed by atoms with Gasteiger partial charge in [0.05, 0.1) is 18.2 Å². The van der Waals surface area contributed by atoms with E-state index in [2.05, 4.69) is 13.0 Å². The van der Waals surface area contributed by atoms with Crippen molar-refractivity contribution in [1.82, 2.24) is 0 Å². The molecule has 0 aliphatic carbocycles. The van der Waals surface area contributed by atoms with Crippen molar-refractivity contribution in [2.24, 2.45) is 0 Å². The molecule has 0 N–H and O–H groups in total. The van der Waals surface area contributed by atoms with Crippen molar-refractivity contribution >= 4 is 0 Å². The van der Waals surface area contributed by atoms with Gasteiger partial charge in [-0.05, 0) is 24.6 Å².